The van der Waals surface area contributed by atoms with Crippen molar-refractivity contribution in [3.8, 4) is 0 Å². The molecule has 0 spiro atoms. The van der Waals surface area contributed by atoms with Gasteiger partial charge in [-0.25, -0.2) is 0 Å². The zero-order chi connectivity index (χ0) is 7.40. The Hall–Kier alpha value is -0.300. The van der Waals surface area contributed by atoms with Crippen molar-refractivity contribution in [2.24, 2.45) is 5.92 Å². The number of aliphatic hydroxyl groups is 1. The largest absolute Gasteiger partial charge is 0.393 e. The molecule has 0 saturated carbocycles. The van der Waals surface area contributed by atoms with Crippen LogP contribution in [0.2, 0.25) is 0 Å². The molecule has 0 aromatic heterocycles. The van der Waals surface area contributed by atoms with E-state index in [1.807, 2.05) is 6.92 Å². The van der Waals surface area contributed by atoms with Gasteiger partial charge in [-0.2, -0.15) is 0 Å². The molecule has 0 amide bonds. The van der Waals surface area contributed by atoms with Gasteiger partial charge in [-0.15, -0.1) is 0 Å². The van der Waals surface area contributed by atoms with Crippen LogP contribution in [-0.2, 0) is 0 Å². The minimum absolute atomic E-state index is 0.158. The SMILES string of the molecule is CC(O)C1C=CCCCC1. The van der Waals surface area contributed by atoms with E-state index in [4.69, 9.17) is 0 Å². The molecule has 58 valence electrons. The molecule has 1 rings (SSSR count). The van der Waals surface area contributed by atoms with Gasteiger partial charge in [-0.1, -0.05) is 18.6 Å². The molecule has 0 saturated heterocycles. The monoisotopic (exact) mass is 140 g/mol. The average Bonchev–Trinajstić information content (AvgIpc) is 2.12. The van der Waals surface area contributed by atoms with Crippen LogP contribution >= 0.6 is 0 Å². The normalized spacial score (nSPS) is 29.6. The van der Waals surface area contributed by atoms with Crippen LogP contribution in [0.3, 0.4) is 0 Å². The summed E-state index contributed by atoms with van der Waals surface area (Å²) in [5.74, 6) is 0.419. The standard InChI is InChI=1S/C9H16O/c1-8(10)9-6-4-2-3-5-7-9/h4,6,8-10H,2-3,5,7H2,1H3. The first-order valence-corrected chi connectivity index (χ1v) is 4.15. The van der Waals surface area contributed by atoms with Gasteiger partial charge in [0.25, 0.3) is 0 Å². The maximum absolute atomic E-state index is 9.25. The molecule has 1 heteroatoms. The Morgan fingerprint density at radius 2 is 2.30 bits per heavy atom. The molecule has 2 atom stereocenters. The van der Waals surface area contributed by atoms with Crippen LogP contribution in [0, 0.1) is 5.92 Å². The van der Waals surface area contributed by atoms with Crippen molar-refractivity contribution < 1.29 is 5.11 Å². The Balaban J connectivity index is 2.41. The highest BCUT2D eigenvalue weighted by molar-refractivity contribution is 4.93. The summed E-state index contributed by atoms with van der Waals surface area (Å²) in [5.41, 5.74) is 0. The molecule has 0 bridgehead atoms. The third kappa shape index (κ3) is 2.14. The van der Waals surface area contributed by atoms with Crippen LogP contribution in [-0.4, -0.2) is 11.2 Å². The molecule has 1 nitrogen and oxygen atoms in total. The van der Waals surface area contributed by atoms with Crippen molar-refractivity contribution in [3.63, 3.8) is 0 Å². The topological polar surface area (TPSA) is 20.2 Å². The predicted octanol–water partition coefficient (Wildman–Crippen LogP) is 2.11. The zero-order valence-corrected chi connectivity index (χ0v) is 6.59. The van der Waals surface area contributed by atoms with Crippen LogP contribution < -0.4 is 0 Å². The second-order valence-corrected chi connectivity index (χ2v) is 3.12. The Morgan fingerprint density at radius 1 is 1.50 bits per heavy atom. The van der Waals surface area contributed by atoms with Gasteiger partial charge in [0, 0.05) is 5.92 Å². The molecule has 2 unspecified atom stereocenters. The average molecular weight is 140 g/mol. The summed E-state index contributed by atoms with van der Waals surface area (Å²) >= 11 is 0. The Bertz CT molecular complexity index is 116. The summed E-state index contributed by atoms with van der Waals surface area (Å²) in [6, 6.07) is 0. The van der Waals surface area contributed by atoms with E-state index in [9.17, 15) is 5.11 Å². The summed E-state index contributed by atoms with van der Waals surface area (Å²) in [6.45, 7) is 1.88. The molecule has 1 aliphatic rings. The number of allylic oxidation sites excluding steroid dienone is 1. The van der Waals surface area contributed by atoms with E-state index < -0.39 is 0 Å². The first-order chi connectivity index (χ1) is 4.80. The Morgan fingerprint density at radius 3 is 3.00 bits per heavy atom. The minimum atomic E-state index is -0.158. The van der Waals surface area contributed by atoms with Crippen LogP contribution in [0.4, 0.5) is 0 Å². The first kappa shape index (κ1) is 7.80. The van der Waals surface area contributed by atoms with Crippen LogP contribution in [0.15, 0.2) is 12.2 Å². The van der Waals surface area contributed by atoms with E-state index >= 15 is 0 Å². The van der Waals surface area contributed by atoms with Crippen molar-refractivity contribution >= 4 is 0 Å². The fourth-order valence-corrected chi connectivity index (χ4v) is 1.41. The summed E-state index contributed by atoms with van der Waals surface area (Å²) in [7, 11) is 0. The number of aliphatic hydroxyl groups excluding tert-OH is 1. The smallest absolute Gasteiger partial charge is 0.0574 e. The molecular formula is C9H16O. The highest BCUT2D eigenvalue weighted by Crippen LogP contribution is 2.19. The van der Waals surface area contributed by atoms with Gasteiger partial charge in [0.05, 0.1) is 6.10 Å². The predicted molar refractivity (Wildman–Crippen MR) is 42.8 cm³/mol. The molecule has 0 fully saturated rings. The van der Waals surface area contributed by atoms with Crippen LogP contribution in [0.25, 0.3) is 0 Å². The lowest BCUT2D eigenvalue weighted by molar-refractivity contribution is 0.144. The fraction of sp³-hybridized carbons (Fsp3) is 0.778. The molecule has 0 radical (unpaired) electrons. The van der Waals surface area contributed by atoms with Gasteiger partial charge in [0.2, 0.25) is 0 Å². The summed E-state index contributed by atoms with van der Waals surface area (Å²) in [5, 5.41) is 9.25. The number of hydrogen-bond donors (Lipinski definition) is 1. The molecule has 10 heavy (non-hydrogen) atoms. The van der Waals surface area contributed by atoms with Gasteiger partial charge >= 0.3 is 0 Å². The summed E-state index contributed by atoms with van der Waals surface area (Å²) < 4.78 is 0. The summed E-state index contributed by atoms with van der Waals surface area (Å²) in [4.78, 5) is 0. The van der Waals surface area contributed by atoms with Crippen molar-refractivity contribution in [2.45, 2.75) is 38.7 Å². The highest BCUT2D eigenvalue weighted by Gasteiger charge is 2.11. The molecular weight excluding hydrogens is 124 g/mol. The number of hydrogen-bond acceptors (Lipinski definition) is 1. The molecule has 1 N–H and O–H groups in total. The zero-order valence-electron chi connectivity index (χ0n) is 6.59. The highest BCUT2D eigenvalue weighted by atomic mass is 16.3. The maximum atomic E-state index is 9.25. The quantitative estimate of drug-likeness (QED) is 0.553. The summed E-state index contributed by atoms with van der Waals surface area (Å²) in [6.07, 6.45) is 9.12. The van der Waals surface area contributed by atoms with Crippen molar-refractivity contribution in [1.82, 2.24) is 0 Å². The van der Waals surface area contributed by atoms with Crippen molar-refractivity contribution in [3.05, 3.63) is 12.2 Å². The molecule has 0 aromatic carbocycles. The fourth-order valence-electron chi connectivity index (χ4n) is 1.41. The lowest BCUT2D eigenvalue weighted by Crippen LogP contribution is -2.13. The van der Waals surface area contributed by atoms with E-state index in [-0.39, 0.29) is 6.10 Å². The Kier molecular flexibility index (Phi) is 2.94. The van der Waals surface area contributed by atoms with Crippen molar-refractivity contribution in [2.75, 3.05) is 0 Å². The number of rotatable bonds is 1. The van der Waals surface area contributed by atoms with E-state index in [2.05, 4.69) is 12.2 Å². The van der Waals surface area contributed by atoms with E-state index in [1.54, 1.807) is 0 Å². The van der Waals surface area contributed by atoms with Gasteiger partial charge in [0.1, 0.15) is 0 Å². The van der Waals surface area contributed by atoms with E-state index in [0.717, 1.165) is 6.42 Å². The van der Waals surface area contributed by atoms with Gasteiger partial charge in [-0.3, -0.25) is 0 Å². The molecule has 1 aliphatic carbocycles. The second-order valence-electron chi connectivity index (χ2n) is 3.12. The third-order valence-corrected chi connectivity index (χ3v) is 2.16. The van der Waals surface area contributed by atoms with E-state index in [0.29, 0.717) is 5.92 Å². The van der Waals surface area contributed by atoms with Crippen LogP contribution in [0.5, 0.6) is 0 Å². The molecule has 0 heterocycles. The minimum Gasteiger partial charge on any atom is -0.393 e. The maximum Gasteiger partial charge on any atom is 0.0574 e. The lowest BCUT2D eigenvalue weighted by atomic mass is 9.99. The molecule has 0 aromatic rings. The van der Waals surface area contributed by atoms with Gasteiger partial charge in [-0.05, 0) is 26.2 Å². The second kappa shape index (κ2) is 3.77. The van der Waals surface area contributed by atoms with Crippen LogP contribution in [0.1, 0.15) is 32.6 Å². The third-order valence-electron chi connectivity index (χ3n) is 2.16. The van der Waals surface area contributed by atoms with E-state index in [1.165, 1.54) is 19.3 Å². The molecule has 0 aliphatic heterocycles. The van der Waals surface area contributed by atoms with Gasteiger partial charge < -0.3 is 5.11 Å². The Labute approximate surface area is 62.8 Å². The first-order valence-electron chi connectivity index (χ1n) is 4.15. The van der Waals surface area contributed by atoms with Crippen molar-refractivity contribution in [1.29, 1.82) is 0 Å². The van der Waals surface area contributed by atoms with Gasteiger partial charge in [0.15, 0.2) is 0 Å². The lowest BCUT2D eigenvalue weighted by Gasteiger charge is -2.13.